The van der Waals surface area contributed by atoms with Crippen molar-refractivity contribution in [2.75, 3.05) is 26.2 Å². The van der Waals surface area contributed by atoms with E-state index in [9.17, 15) is 8.78 Å². The van der Waals surface area contributed by atoms with Gasteiger partial charge in [0.2, 0.25) is 0 Å². The Morgan fingerprint density at radius 2 is 2.15 bits per heavy atom. The molecule has 0 fully saturated rings. The number of benzene rings is 1. The predicted molar refractivity (Wildman–Crippen MR) is 102 cm³/mol. The fraction of sp³-hybridized carbons (Fsp3) is 0.421. The molecule has 26 heavy (non-hydrogen) atoms. The van der Waals surface area contributed by atoms with E-state index >= 15 is 0 Å². The van der Waals surface area contributed by atoms with Gasteiger partial charge in [0.15, 0.2) is 5.96 Å². The minimum Gasteiger partial charge on any atom is -0.357 e. The van der Waals surface area contributed by atoms with Crippen LogP contribution in [0.4, 0.5) is 8.78 Å². The number of nitrogens with zero attached hydrogens (tertiary/aromatic N) is 2. The summed E-state index contributed by atoms with van der Waals surface area (Å²) in [5, 5.41) is 8.58. The highest BCUT2D eigenvalue weighted by molar-refractivity contribution is 7.10. The van der Waals surface area contributed by atoms with Crippen molar-refractivity contribution in [3.63, 3.8) is 0 Å². The van der Waals surface area contributed by atoms with Gasteiger partial charge in [0.1, 0.15) is 11.6 Å². The van der Waals surface area contributed by atoms with Crippen molar-refractivity contribution in [3.05, 3.63) is 57.3 Å². The summed E-state index contributed by atoms with van der Waals surface area (Å²) in [5.41, 5.74) is 1.69. The van der Waals surface area contributed by atoms with E-state index in [-0.39, 0.29) is 12.1 Å². The van der Waals surface area contributed by atoms with Crippen LogP contribution in [0.3, 0.4) is 0 Å². The summed E-state index contributed by atoms with van der Waals surface area (Å²) in [7, 11) is 0. The average molecular weight is 378 g/mol. The monoisotopic (exact) mass is 378 g/mol. The molecule has 2 N–H and O–H groups in total. The number of thiophene rings is 1. The second kappa shape index (κ2) is 9.09. The summed E-state index contributed by atoms with van der Waals surface area (Å²) in [5.74, 6) is -0.275. The van der Waals surface area contributed by atoms with E-state index in [0.717, 1.165) is 44.7 Å². The molecule has 0 aliphatic carbocycles. The number of guanidine groups is 1. The highest BCUT2D eigenvalue weighted by atomic mass is 32.1. The molecule has 0 radical (unpaired) electrons. The lowest BCUT2D eigenvalue weighted by molar-refractivity contribution is 0.260. The van der Waals surface area contributed by atoms with Gasteiger partial charge in [0, 0.05) is 43.2 Å². The normalized spacial score (nSPS) is 15.0. The summed E-state index contributed by atoms with van der Waals surface area (Å²) >= 11 is 1.84. The maximum absolute atomic E-state index is 13.7. The van der Waals surface area contributed by atoms with Crippen LogP contribution >= 0.6 is 11.3 Å². The van der Waals surface area contributed by atoms with Gasteiger partial charge in [-0.3, -0.25) is 4.90 Å². The maximum Gasteiger partial charge on any atom is 0.191 e. The van der Waals surface area contributed by atoms with Crippen LogP contribution < -0.4 is 10.6 Å². The lowest BCUT2D eigenvalue weighted by Crippen LogP contribution is -2.42. The molecule has 1 aromatic heterocycles. The van der Waals surface area contributed by atoms with E-state index in [1.165, 1.54) is 16.5 Å². The zero-order chi connectivity index (χ0) is 18.4. The smallest absolute Gasteiger partial charge is 0.191 e. The third kappa shape index (κ3) is 5.02. The molecule has 3 rings (SSSR count). The van der Waals surface area contributed by atoms with Crippen LogP contribution in [0.2, 0.25) is 0 Å². The molecule has 0 saturated carbocycles. The molecular weight excluding hydrogens is 354 g/mol. The minimum atomic E-state index is -0.451. The van der Waals surface area contributed by atoms with Crippen LogP contribution in [0.15, 0.2) is 34.6 Å². The molecule has 0 saturated heterocycles. The van der Waals surface area contributed by atoms with E-state index in [1.807, 2.05) is 18.3 Å². The number of hydrogen-bond donors (Lipinski definition) is 2. The van der Waals surface area contributed by atoms with Crippen molar-refractivity contribution >= 4 is 17.3 Å². The molecule has 0 amide bonds. The first kappa shape index (κ1) is 18.8. The van der Waals surface area contributed by atoms with Crippen LogP contribution in [0.5, 0.6) is 0 Å². The van der Waals surface area contributed by atoms with E-state index < -0.39 is 11.6 Å². The van der Waals surface area contributed by atoms with Gasteiger partial charge in [0.25, 0.3) is 0 Å². The molecule has 7 heteroatoms. The molecule has 1 aliphatic heterocycles. The number of hydrogen-bond acceptors (Lipinski definition) is 3. The summed E-state index contributed by atoms with van der Waals surface area (Å²) in [6.45, 7) is 6.49. The number of rotatable bonds is 6. The Bertz CT molecular complexity index is 760. The summed E-state index contributed by atoms with van der Waals surface area (Å²) < 4.78 is 27.0. The molecule has 0 spiro atoms. The third-order valence-electron chi connectivity index (χ3n) is 4.37. The summed E-state index contributed by atoms with van der Waals surface area (Å²) in [4.78, 5) is 8.28. The predicted octanol–water partition coefficient (Wildman–Crippen LogP) is 3.14. The Balaban J connectivity index is 1.51. The van der Waals surface area contributed by atoms with Crippen LogP contribution in [-0.2, 0) is 19.5 Å². The summed E-state index contributed by atoms with van der Waals surface area (Å²) in [6, 6.07) is 5.65. The Labute approximate surface area is 156 Å². The molecule has 2 heterocycles. The number of halogens is 2. The molecule has 1 aromatic carbocycles. The Hall–Kier alpha value is -1.99. The number of fused-ring (bicyclic) bond motifs is 1. The van der Waals surface area contributed by atoms with Crippen molar-refractivity contribution in [2.24, 2.45) is 4.99 Å². The zero-order valence-corrected chi connectivity index (χ0v) is 15.7. The molecule has 0 unspecified atom stereocenters. The van der Waals surface area contributed by atoms with Gasteiger partial charge in [-0.1, -0.05) is 0 Å². The lowest BCUT2D eigenvalue weighted by atomic mass is 10.1. The van der Waals surface area contributed by atoms with Gasteiger partial charge in [-0.2, -0.15) is 0 Å². The fourth-order valence-corrected chi connectivity index (χ4v) is 3.89. The van der Waals surface area contributed by atoms with E-state index in [2.05, 4.69) is 32.0 Å². The largest absolute Gasteiger partial charge is 0.357 e. The first-order valence-electron chi connectivity index (χ1n) is 8.89. The second-order valence-electron chi connectivity index (χ2n) is 6.25. The lowest BCUT2D eigenvalue weighted by Gasteiger charge is -2.27. The van der Waals surface area contributed by atoms with E-state index in [0.29, 0.717) is 12.5 Å². The van der Waals surface area contributed by atoms with Crippen molar-refractivity contribution in [3.8, 4) is 0 Å². The topological polar surface area (TPSA) is 39.7 Å². The van der Waals surface area contributed by atoms with Crippen LogP contribution in [0, 0.1) is 11.6 Å². The van der Waals surface area contributed by atoms with Crippen molar-refractivity contribution in [1.29, 1.82) is 0 Å². The first-order valence-corrected chi connectivity index (χ1v) is 9.77. The second-order valence-corrected chi connectivity index (χ2v) is 7.25. The number of aliphatic imine (C=N–C) groups is 1. The molecule has 0 atom stereocenters. The van der Waals surface area contributed by atoms with Gasteiger partial charge in [-0.15, -0.1) is 11.3 Å². The van der Waals surface area contributed by atoms with Gasteiger partial charge in [0.05, 0.1) is 6.54 Å². The highest BCUT2D eigenvalue weighted by Gasteiger charge is 2.16. The standard InChI is InChI=1S/C19H24F2N4S/c1-2-22-19(24-12-15-11-16(20)3-4-17(15)21)23-7-9-25-8-5-18-14(13-25)6-10-26-18/h3-4,6,10-11H,2,5,7-9,12-13H2,1H3,(H2,22,23,24). The molecule has 1 aliphatic rings. The first-order chi connectivity index (χ1) is 12.7. The molecule has 140 valence electrons. The average Bonchev–Trinajstić information content (AvgIpc) is 3.10. The fourth-order valence-electron chi connectivity index (χ4n) is 3.00. The quantitative estimate of drug-likeness (QED) is 0.599. The third-order valence-corrected chi connectivity index (χ3v) is 5.39. The Morgan fingerprint density at radius 3 is 3.00 bits per heavy atom. The van der Waals surface area contributed by atoms with Crippen molar-refractivity contribution in [2.45, 2.75) is 26.4 Å². The van der Waals surface area contributed by atoms with Crippen LogP contribution in [0.1, 0.15) is 22.9 Å². The van der Waals surface area contributed by atoms with E-state index in [4.69, 9.17) is 0 Å². The molecule has 4 nitrogen and oxygen atoms in total. The van der Waals surface area contributed by atoms with Crippen LogP contribution in [0.25, 0.3) is 0 Å². The Morgan fingerprint density at radius 1 is 1.27 bits per heavy atom. The van der Waals surface area contributed by atoms with Crippen molar-refractivity contribution < 1.29 is 8.78 Å². The molecule has 0 bridgehead atoms. The van der Waals surface area contributed by atoms with Gasteiger partial charge in [-0.25, -0.2) is 13.8 Å². The summed E-state index contributed by atoms with van der Waals surface area (Å²) in [6.07, 6.45) is 1.11. The van der Waals surface area contributed by atoms with Gasteiger partial charge >= 0.3 is 0 Å². The van der Waals surface area contributed by atoms with E-state index in [1.54, 1.807) is 0 Å². The SMILES string of the molecule is CCNC(=NCc1cc(F)ccc1F)NCCN1CCc2sccc2C1. The highest BCUT2D eigenvalue weighted by Crippen LogP contribution is 2.23. The zero-order valence-electron chi connectivity index (χ0n) is 14.9. The van der Waals surface area contributed by atoms with Gasteiger partial charge < -0.3 is 10.6 Å². The molecule has 2 aromatic rings. The minimum absolute atomic E-state index is 0.0981. The van der Waals surface area contributed by atoms with Crippen molar-refractivity contribution in [1.82, 2.24) is 15.5 Å². The van der Waals surface area contributed by atoms with Crippen LogP contribution in [-0.4, -0.2) is 37.0 Å². The van der Waals surface area contributed by atoms with Gasteiger partial charge in [-0.05, 0) is 48.6 Å². The Kier molecular flexibility index (Phi) is 6.57. The molecular formula is C19H24F2N4S. The number of nitrogens with one attached hydrogen (secondary N) is 2. The maximum atomic E-state index is 13.7.